The van der Waals surface area contributed by atoms with Gasteiger partial charge in [0.15, 0.2) is 14.1 Å². The summed E-state index contributed by atoms with van der Waals surface area (Å²) >= 11 is 1.16. The highest BCUT2D eigenvalue weighted by atomic mass is 32.2. The normalized spacial score (nSPS) is 27.2. The number of benzene rings is 1. The molecule has 146 valence electrons. The average Bonchev–Trinajstić information content (AvgIpc) is 2.56. The van der Waals surface area contributed by atoms with Gasteiger partial charge in [0.2, 0.25) is 0 Å². The van der Waals surface area contributed by atoms with Gasteiger partial charge in [-0.3, -0.25) is 0 Å². The molecule has 0 spiro atoms. The lowest BCUT2D eigenvalue weighted by molar-refractivity contribution is -0.0776. The third-order valence-electron chi connectivity index (χ3n) is 5.57. The van der Waals surface area contributed by atoms with Gasteiger partial charge in [0.05, 0.1) is 24.3 Å². The minimum Gasteiger partial charge on any atom is -0.413 e. The van der Waals surface area contributed by atoms with Crippen molar-refractivity contribution in [2.75, 3.05) is 0 Å². The van der Waals surface area contributed by atoms with Gasteiger partial charge in [-0.1, -0.05) is 52.8 Å². The van der Waals surface area contributed by atoms with Crippen molar-refractivity contribution in [2.24, 2.45) is 11.8 Å². The van der Waals surface area contributed by atoms with E-state index < -0.39 is 14.4 Å². The molecule has 0 heterocycles. The molecule has 4 atom stereocenters. The monoisotopic (exact) mass is 396 g/mol. The van der Waals surface area contributed by atoms with E-state index in [1.165, 1.54) is 0 Å². The molecule has 1 N–H and O–H groups in total. The molecule has 0 aliphatic heterocycles. The van der Waals surface area contributed by atoms with Crippen LogP contribution in [0, 0.1) is 11.8 Å². The standard InChI is InChI=1S/C20H32O4SSi/c1-14-17(21)13-18(25-24-22-16-11-9-8-10-12-16)15(2)19(14)23-26(6,7)20(3,4)5/h8-15,17,19,21H,1-7H3/t14-,15-,17+,19-/m0/s1. The number of aliphatic hydroxyl groups excluding tert-OH is 1. The summed E-state index contributed by atoms with van der Waals surface area (Å²) in [5, 5.41) is 10.6. The lowest BCUT2D eigenvalue weighted by Crippen LogP contribution is -2.50. The van der Waals surface area contributed by atoms with Crippen molar-refractivity contribution in [3.8, 4) is 5.75 Å². The Bertz CT molecular complexity index is 612. The summed E-state index contributed by atoms with van der Waals surface area (Å²) in [6.45, 7) is 15.4. The molecule has 0 amide bonds. The molecule has 1 aromatic carbocycles. The zero-order valence-corrected chi connectivity index (χ0v) is 18.7. The Morgan fingerprint density at radius 2 is 1.69 bits per heavy atom. The van der Waals surface area contributed by atoms with E-state index in [-0.39, 0.29) is 23.0 Å². The molecule has 6 heteroatoms. The van der Waals surface area contributed by atoms with Crippen molar-refractivity contribution >= 4 is 20.4 Å². The quantitative estimate of drug-likeness (QED) is 0.295. The molecule has 2 rings (SSSR count). The van der Waals surface area contributed by atoms with Crippen molar-refractivity contribution in [1.29, 1.82) is 0 Å². The molecule has 1 aliphatic rings. The van der Waals surface area contributed by atoms with Crippen molar-refractivity contribution in [1.82, 2.24) is 0 Å². The van der Waals surface area contributed by atoms with Gasteiger partial charge in [0.25, 0.3) is 0 Å². The molecule has 26 heavy (non-hydrogen) atoms. The van der Waals surface area contributed by atoms with E-state index >= 15 is 0 Å². The molecule has 0 bridgehead atoms. The Kier molecular flexibility index (Phi) is 7.02. The van der Waals surface area contributed by atoms with Gasteiger partial charge in [-0.05, 0) is 36.3 Å². The first-order valence-electron chi connectivity index (χ1n) is 9.17. The third-order valence-corrected chi connectivity index (χ3v) is 10.9. The number of para-hydroxylation sites is 1. The van der Waals surface area contributed by atoms with Crippen molar-refractivity contribution < 1.29 is 18.8 Å². The number of aliphatic hydroxyl groups is 1. The summed E-state index contributed by atoms with van der Waals surface area (Å²) in [6, 6.07) is 9.37. The van der Waals surface area contributed by atoms with Crippen LogP contribution >= 0.6 is 12.0 Å². The second-order valence-corrected chi connectivity index (χ2v) is 14.1. The molecule has 0 aromatic heterocycles. The summed E-state index contributed by atoms with van der Waals surface area (Å²) in [5.74, 6) is 0.817. The third kappa shape index (κ3) is 5.14. The smallest absolute Gasteiger partial charge is 0.192 e. The van der Waals surface area contributed by atoms with E-state index in [2.05, 4.69) is 47.7 Å². The van der Waals surface area contributed by atoms with Crippen molar-refractivity contribution in [3.05, 3.63) is 41.3 Å². The van der Waals surface area contributed by atoms with Crippen LogP contribution in [0.1, 0.15) is 34.6 Å². The van der Waals surface area contributed by atoms with Crippen LogP contribution in [0.25, 0.3) is 0 Å². The molecule has 1 aliphatic carbocycles. The average molecular weight is 397 g/mol. The predicted octanol–water partition coefficient (Wildman–Crippen LogP) is 5.57. The minimum absolute atomic E-state index is 0.0403. The van der Waals surface area contributed by atoms with Gasteiger partial charge in [-0.2, -0.15) is 0 Å². The van der Waals surface area contributed by atoms with Gasteiger partial charge < -0.3 is 14.4 Å². The molecular formula is C20H32O4SSi. The maximum absolute atomic E-state index is 10.5. The predicted molar refractivity (Wildman–Crippen MR) is 110 cm³/mol. The SMILES string of the molecule is C[C@@H]1[C@H](O[Si](C)(C)C(C)(C)C)[C@@H](C)C(SOOc2ccccc2)=C[C@H]1O. The highest BCUT2D eigenvalue weighted by Crippen LogP contribution is 2.43. The Morgan fingerprint density at radius 1 is 1.08 bits per heavy atom. The molecule has 4 nitrogen and oxygen atoms in total. The Balaban J connectivity index is 2.05. The van der Waals surface area contributed by atoms with E-state index in [0.717, 1.165) is 16.9 Å². The minimum atomic E-state index is -1.94. The number of hydrogen-bond donors (Lipinski definition) is 1. The first-order chi connectivity index (χ1) is 12.0. The fourth-order valence-electron chi connectivity index (χ4n) is 2.69. The Morgan fingerprint density at radius 3 is 2.27 bits per heavy atom. The van der Waals surface area contributed by atoms with Crippen LogP contribution in [0.5, 0.6) is 5.75 Å². The summed E-state index contributed by atoms with van der Waals surface area (Å²) < 4.78 is 12.0. The zero-order chi connectivity index (χ0) is 19.5. The van der Waals surface area contributed by atoms with E-state index in [0.29, 0.717) is 5.75 Å². The van der Waals surface area contributed by atoms with Crippen molar-refractivity contribution in [2.45, 2.75) is 65.0 Å². The maximum Gasteiger partial charge on any atom is 0.192 e. The summed E-state index contributed by atoms with van der Waals surface area (Å²) in [7, 11) is -1.94. The highest BCUT2D eigenvalue weighted by molar-refractivity contribution is 7.98. The van der Waals surface area contributed by atoms with E-state index in [4.69, 9.17) is 13.6 Å². The molecule has 0 saturated carbocycles. The summed E-state index contributed by atoms with van der Waals surface area (Å²) in [6.07, 6.45) is 1.27. The Hall–Kier alpha value is -0.793. The number of rotatable bonds is 6. The molecule has 1 aromatic rings. The van der Waals surface area contributed by atoms with Gasteiger partial charge in [-0.25, -0.2) is 0 Å². The van der Waals surface area contributed by atoms with Gasteiger partial charge >= 0.3 is 0 Å². The van der Waals surface area contributed by atoms with Gasteiger partial charge in [-0.15, -0.1) is 4.33 Å². The van der Waals surface area contributed by atoms with E-state index in [1.54, 1.807) is 0 Å². The van der Waals surface area contributed by atoms with Crippen LogP contribution in [0.15, 0.2) is 41.3 Å². The Labute approximate surface area is 163 Å². The van der Waals surface area contributed by atoms with Crippen molar-refractivity contribution in [3.63, 3.8) is 0 Å². The topological polar surface area (TPSA) is 47.9 Å². The van der Waals surface area contributed by atoms with Crippen LogP contribution in [-0.2, 0) is 8.76 Å². The fourth-order valence-corrected chi connectivity index (χ4v) is 4.81. The summed E-state index contributed by atoms with van der Waals surface area (Å²) in [4.78, 5) is 6.26. The zero-order valence-electron chi connectivity index (χ0n) is 16.9. The molecular weight excluding hydrogens is 364 g/mol. The summed E-state index contributed by atoms with van der Waals surface area (Å²) in [5.41, 5.74) is 0. The lowest BCUT2D eigenvalue weighted by atomic mass is 9.84. The second-order valence-electron chi connectivity index (χ2n) is 8.60. The maximum atomic E-state index is 10.5. The molecule has 0 fully saturated rings. The van der Waals surface area contributed by atoms with Crippen LogP contribution in [-0.4, -0.2) is 25.6 Å². The van der Waals surface area contributed by atoms with Crippen LogP contribution in [0.2, 0.25) is 18.1 Å². The largest absolute Gasteiger partial charge is 0.413 e. The molecule has 0 radical (unpaired) electrons. The lowest BCUT2D eigenvalue weighted by Gasteiger charge is -2.45. The van der Waals surface area contributed by atoms with E-state index in [1.807, 2.05) is 36.4 Å². The van der Waals surface area contributed by atoms with Gasteiger partial charge in [0.1, 0.15) is 0 Å². The first-order valence-corrected chi connectivity index (χ1v) is 12.8. The van der Waals surface area contributed by atoms with Gasteiger partial charge in [0, 0.05) is 16.7 Å². The fraction of sp³-hybridized carbons (Fsp3) is 0.600. The molecule has 0 unspecified atom stereocenters. The second kappa shape index (κ2) is 8.48. The first kappa shape index (κ1) is 21.5. The van der Waals surface area contributed by atoms with Crippen LogP contribution < -0.4 is 4.89 Å². The number of hydrogen-bond acceptors (Lipinski definition) is 5. The molecule has 0 saturated heterocycles. The highest BCUT2D eigenvalue weighted by Gasteiger charge is 2.44. The van der Waals surface area contributed by atoms with E-state index in [9.17, 15) is 5.11 Å². The van der Waals surface area contributed by atoms with Crippen LogP contribution in [0.4, 0.5) is 0 Å². The van der Waals surface area contributed by atoms with Crippen LogP contribution in [0.3, 0.4) is 0 Å².